The van der Waals surface area contributed by atoms with Crippen molar-refractivity contribution in [1.82, 2.24) is 0 Å². The first-order valence-electron chi connectivity index (χ1n) is 7.43. The van der Waals surface area contributed by atoms with E-state index in [1.54, 1.807) is 32.1 Å². The highest BCUT2D eigenvalue weighted by Crippen LogP contribution is 2.23. The minimum absolute atomic E-state index is 0.0612. The lowest BCUT2D eigenvalue weighted by atomic mass is 10.0. The summed E-state index contributed by atoms with van der Waals surface area (Å²) in [5, 5.41) is 11.1. The van der Waals surface area contributed by atoms with E-state index in [2.05, 4.69) is 6.58 Å². The summed E-state index contributed by atoms with van der Waals surface area (Å²) in [6.45, 7) is 9.42. The van der Waals surface area contributed by atoms with Crippen molar-refractivity contribution in [1.29, 1.82) is 0 Å². The van der Waals surface area contributed by atoms with Crippen LogP contribution in [0, 0.1) is 6.92 Å². The summed E-state index contributed by atoms with van der Waals surface area (Å²) in [7, 11) is 0. The SMILES string of the molecule is C=CCOC(C)(C)C(O)COc1ccc2c(C)cc(=O)oc2c1. The smallest absolute Gasteiger partial charge is 0.336 e. The Hall–Kier alpha value is -2.11. The van der Waals surface area contributed by atoms with Gasteiger partial charge in [-0.1, -0.05) is 6.08 Å². The lowest BCUT2D eigenvalue weighted by Crippen LogP contribution is -2.43. The fraction of sp³-hybridized carbons (Fsp3) is 0.389. The van der Waals surface area contributed by atoms with Crippen molar-refractivity contribution in [3.63, 3.8) is 0 Å². The minimum atomic E-state index is -0.817. The van der Waals surface area contributed by atoms with Crippen molar-refractivity contribution in [2.75, 3.05) is 13.2 Å². The molecule has 5 nitrogen and oxygen atoms in total. The molecule has 23 heavy (non-hydrogen) atoms. The molecule has 1 unspecified atom stereocenters. The fourth-order valence-electron chi connectivity index (χ4n) is 2.14. The second kappa shape index (κ2) is 6.98. The van der Waals surface area contributed by atoms with E-state index >= 15 is 0 Å². The molecule has 1 aromatic heterocycles. The van der Waals surface area contributed by atoms with E-state index in [0.717, 1.165) is 10.9 Å². The highest BCUT2D eigenvalue weighted by Gasteiger charge is 2.29. The van der Waals surface area contributed by atoms with E-state index in [-0.39, 0.29) is 6.61 Å². The highest BCUT2D eigenvalue weighted by molar-refractivity contribution is 5.81. The summed E-state index contributed by atoms with van der Waals surface area (Å²) in [6, 6.07) is 6.70. The first kappa shape index (κ1) is 17.2. The molecule has 0 fully saturated rings. The predicted octanol–water partition coefficient (Wildman–Crippen LogP) is 2.82. The average molecular weight is 318 g/mol. The van der Waals surface area contributed by atoms with Crippen molar-refractivity contribution in [3.8, 4) is 5.75 Å². The van der Waals surface area contributed by atoms with Crippen molar-refractivity contribution in [2.45, 2.75) is 32.5 Å². The maximum atomic E-state index is 11.4. The zero-order valence-corrected chi connectivity index (χ0v) is 13.7. The molecule has 5 heteroatoms. The van der Waals surface area contributed by atoms with E-state index in [1.807, 2.05) is 13.0 Å². The Morgan fingerprint density at radius 2 is 2.13 bits per heavy atom. The van der Waals surface area contributed by atoms with Gasteiger partial charge in [-0.2, -0.15) is 0 Å². The molecule has 1 heterocycles. The van der Waals surface area contributed by atoms with Gasteiger partial charge in [0.1, 0.15) is 24.0 Å². The lowest BCUT2D eigenvalue weighted by Gasteiger charge is -2.30. The minimum Gasteiger partial charge on any atom is -0.491 e. The van der Waals surface area contributed by atoms with Gasteiger partial charge >= 0.3 is 5.63 Å². The summed E-state index contributed by atoms with van der Waals surface area (Å²) in [4.78, 5) is 11.4. The predicted molar refractivity (Wildman–Crippen MR) is 89.0 cm³/mol. The Morgan fingerprint density at radius 3 is 2.83 bits per heavy atom. The number of aliphatic hydroxyl groups excluding tert-OH is 1. The van der Waals surface area contributed by atoms with Crippen LogP contribution in [0.25, 0.3) is 11.0 Å². The van der Waals surface area contributed by atoms with Crippen LogP contribution in [0.5, 0.6) is 5.75 Å². The van der Waals surface area contributed by atoms with Crippen LogP contribution in [0.15, 0.2) is 46.1 Å². The van der Waals surface area contributed by atoms with E-state index < -0.39 is 17.3 Å². The summed E-state index contributed by atoms with van der Waals surface area (Å²) < 4.78 is 16.3. The molecule has 0 saturated heterocycles. The van der Waals surface area contributed by atoms with Gasteiger partial charge in [0.15, 0.2) is 0 Å². The third kappa shape index (κ3) is 4.21. The van der Waals surface area contributed by atoms with Crippen LogP contribution in [0.1, 0.15) is 19.4 Å². The first-order valence-corrected chi connectivity index (χ1v) is 7.43. The van der Waals surface area contributed by atoms with Gasteiger partial charge in [-0.05, 0) is 38.5 Å². The van der Waals surface area contributed by atoms with Crippen LogP contribution in [0.4, 0.5) is 0 Å². The molecule has 1 aromatic carbocycles. The van der Waals surface area contributed by atoms with Gasteiger partial charge in [0.2, 0.25) is 0 Å². The Labute approximate surface area is 135 Å². The zero-order chi connectivity index (χ0) is 17.0. The number of aryl methyl sites for hydroxylation is 1. The Kier molecular flexibility index (Phi) is 5.23. The molecule has 2 aromatic rings. The van der Waals surface area contributed by atoms with Gasteiger partial charge in [-0.25, -0.2) is 4.79 Å². The molecule has 0 amide bonds. The van der Waals surface area contributed by atoms with Crippen LogP contribution in [-0.4, -0.2) is 30.0 Å². The van der Waals surface area contributed by atoms with Crippen LogP contribution in [0.3, 0.4) is 0 Å². The molecule has 0 radical (unpaired) electrons. The molecule has 0 bridgehead atoms. The molecule has 2 rings (SSSR count). The molecule has 0 aliphatic heterocycles. The second-order valence-electron chi connectivity index (χ2n) is 5.94. The number of aliphatic hydroxyl groups is 1. The van der Waals surface area contributed by atoms with Gasteiger partial charge in [0, 0.05) is 17.5 Å². The number of ether oxygens (including phenoxy) is 2. The second-order valence-corrected chi connectivity index (χ2v) is 5.94. The summed E-state index contributed by atoms with van der Waals surface area (Å²) >= 11 is 0. The third-order valence-electron chi connectivity index (χ3n) is 3.71. The van der Waals surface area contributed by atoms with Crippen molar-refractivity contribution >= 4 is 11.0 Å². The standard InChI is InChI=1S/C18H22O5/c1-5-8-22-18(3,4)16(19)11-21-13-6-7-14-12(2)9-17(20)23-15(14)10-13/h5-7,9-10,16,19H,1,8,11H2,2-4H3. The van der Waals surface area contributed by atoms with Crippen LogP contribution >= 0.6 is 0 Å². The molecular formula is C18H22O5. The number of benzene rings is 1. The van der Waals surface area contributed by atoms with Gasteiger partial charge in [-0.3, -0.25) is 0 Å². The highest BCUT2D eigenvalue weighted by atomic mass is 16.5. The zero-order valence-electron chi connectivity index (χ0n) is 13.7. The molecule has 1 N–H and O–H groups in total. The lowest BCUT2D eigenvalue weighted by molar-refractivity contribution is -0.103. The van der Waals surface area contributed by atoms with E-state index in [9.17, 15) is 9.90 Å². The number of rotatable bonds is 7. The molecule has 1 atom stereocenters. The van der Waals surface area contributed by atoms with Crippen LogP contribution in [-0.2, 0) is 4.74 Å². The van der Waals surface area contributed by atoms with Gasteiger partial charge in [0.05, 0.1) is 12.2 Å². The molecular weight excluding hydrogens is 296 g/mol. The van der Waals surface area contributed by atoms with Gasteiger partial charge in [0.25, 0.3) is 0 Å². The van der Waals surface area contributed by atoms with Gasteiger partial charge in [-0.15, -0.1) is 6.58 Å². The maximum Gasteiger partial charge on any atom is 0.336 e. The monoisotopic (exact) mass is 318 g/mol. The van der Waals surface area contributed by atoms with Crippen molar-refractivity contribution in [3.05, 3.63) is 52.9 Å². The maximum absolute atomic E-state index is 11.4. The number of fused-ring (bicyclic) bond motifs is 1. The van der Waals surface area contributed by atoms with E-state index in [1.165, 1.54) is 6.07 Å². The van der Waals surface area contributed by atoms with Crippen molar-refractivity contribution < 1.29 is 19.0 Å². The first-order chi connectivity index (χ1) is 10.8. The fourth-order valence-corrected chi connectivity index (χ4v) is 2.14. The van der Waals surface area contributed by atoms with Crippen LogP contribution < -0.4 is 10.4 Å². The number of hydrogen-bond acceptors (Lipinski definition) is 5. The van der Waals surface area contributed by atoms with E-state index in [0.29, 0.717) is 17.9 Å². The molecule has 0 aliphatic rings. The molecule has 124 valence electrons. The summed E-state index contributed by atoms with van der Waals surface area (Å²) in [6.07, 6.45) is 0.811. The summed E-state index contributed by atoms with van der Waals surface area (Å²) in [5.41, 5.74) is 0.158. The quantitative estimate of drug-likeness (QED) is 0.628. The van der Waals surface area contributed by atoms with Gasteiger partial charge < -0.3 is 19.0 Å². The van der Waals surface area contributed by atoms with Crippen molar-refractivity contribution in [2.24, 2.45) is 0 Å². The van der Waals surface area contributed by atoms with E-state index in [4.69, 9.17) is 13.9 Å². The Morgan fingerprint density at radius 1 is 1.39 bits per heavy atom. The molecule has 0 aliphatic carbocycles. The normalized spacial score (nSPS) is 13.0. The molecule has 0 spiro atoms. The Bertz CT molecular complexity index is 745. The third-order valence-corrected chi connectivity index (χ3v) is 3.71. The largest absolute Gasteiger partial charge is 0.491 e. The average Bonchev–Trinajstić information content (AvgIpc) is 2.50. The van der Waals surface area contributed by atoms with Crippen LogP contribution in [0.2, 0.25) is 0 Å². The molecule has 0 saturated carbocycles. The topological polar surface area (TPSA) is 68.9 Å². The Balaban J connectivity index is 2.10. The number of hydrogen-bond donors (Lipinski definition) is 1. The summed E-state index contributed by atoms with van der Waals surface area (Å²) in [5.74, 6) is 0.518.